The van der Waals surface area contributed by atoms with Gasteiger partial charge in [0.15, 0.2) is 11.5 Å². The van der Waals surface area contributed by atoms with Crippen molar-refractivity contribution in [2.24, 2.45) is 9.98 Å². The molecule has 3 nitrogen and oxygen atoms in total. The largest absolute Gasteiger partial charge is 0.335 e. The smallest absolute Gasteiger partial charge is 0.198 e. The number of rotatable bonds is 3. The lowest BCUT2D eigenvalue weighted by Gasteiger charge is -2.19. The molecule has 0 saturated heterocycles. The molecule has 25 heavy (non-hydrogen) atoms. The van der Waals surface area contributed by atoms with Crippen molar-refractivity contribution in [2.75, 3.05) is 0 Å². The van der Waals surface area contributed by atoms with Gasteiger partial charge in [-0.3, -0.25) is 0 Å². The van der Waals surface area contributed by atoms with Crippen molar-refractivity contribution in [2.45, 2.75) is 5.62 Å². The molecule has 0 radical (unpaired) electrons. The Hall–Kier alpha value is -2.91. The Morgan fingerprint density at radius 2 is 1.16 bits per heavy atom. The quantitative estimate of drug-likeness (QED) is 0.543. The third-order valence-corrected chi connectivity index (χ3v) is 4.21. The predicted molar refractivity (Wildman–Crippen MR) is 104 cm³/mol. The normalized spacial score (nSPS) is 16.6. The number of hydrogen-bond donors (Lipinski definition) is 1. The van der Waals surface area contributed by atoms with Crippen molar-refractivity contribution in [3.8, 4) is 11.1 Å². The third kappa shape index (κ3) is 3.47. The molecule has 3 aromatic rings. The van der Waals surface area contributed by atoms with Gasteiger partial charge in [0.25, 0.3) is 0 Å². The summed E-state index contributed by atoms with van der Waals surface area (Å²) in [6, 6.07) is 28.4. The van der Waals surface area contributed by atoms with Crippen LogP contribution in [0.25, 0.3) is 11.1 Å². The highest BCUT2D eigenvalue weighted by atomic mass is 35.5. The van der Waals surface area contributed by atoms with Crippen LogP contribution in [-0.2, 0) is 0 Å². The standard InChI is InChI=1S/C21H16ClN3/c22-21-24-19(17-9-5-2-6-10-17)23-20(25-21)18-13-11-16(12-14-18)15-7-3-1-4-8-15/h1-14,21H,(H,23,24,25). The van der Waals surface area contributed by atoms with Gasteiger partial charge in [0, 0.05) is 11.1 Å². The average Bonchev–Trinajstić information content (AvgIpc) is 2.69. The molecule has 4 rings (SSSR count). The number of benzene rings is 3. The summed E-state index contributed by atoms with van der Waals surface area (Å²) in [4.78, 5) is 9.06. The van der Waals surface area contributed by atoms with E-state index < -0.39 is 5.62 Å². The van der Waals surface area contributed by atoms with E-state index in [1.807, 2.05) is 60.7 Å². The SMILES string of the molecule is ClC1N=C(c2ccc(-c3ccccc3)cc2)N=C(c2ccccc2)N1. The maximum Gasteiger partial charge on any atom is 0.198 e. The Bertz CT molecular complexity index is 916. The molecule has 1 N–H and O–H groups in total. The summed E-state index contributed by atoms with van der Waals surface area (Å²) in [5.41, 5.74) is 3.75. The summed E-state index contributed by atoms with van der Waals surface area (Å²) in [6.07, 6.45) is 0. The van der Waals surface area contributed by atoms with Crippen molar-refractivity contribution in [1.82, 2.24) is 5.32 Å². The van der Waals surface area contributed by atoms with E-state index in [4.69, 9.17) is 11.6 Å². The van der Waals surface area contributed by atoms with Crippen LogP contribution in [0.5, 0.6) is 0 Å². The minimum absolute atomic E-state index is 0.531. The van der Waals surface area contributed by atoms with Crippen molar-refractivity contribution in [1.29, 1.82) is 0 Å². The average molecular weight is 346 g/mol. The fraction of sp³-hybridized carbons (Fsp3) is 0.0476. The maximum atomic E-state index is 6.25. The van der Waals surface area contributed by atoms with E-state index in [0.29, 0.717) is 5.84 Å². The first kappa shape index (κ1) is 15.6. The summed E-state index contributed by atoms with van der Waals surface area (Å²) in [7, 11) is 0. The van der Waals surface area contributed by atoms with E-state index in [9.17, 15) is 0 Å². The molecular weight excluding hydrogens is 330 g/mol. The number of amidine groups is 2. The second kappa shape index (κ2) is 6.91. The highest BCUT2D eigenvalue weighted by molar-refractivity contribution is 6.25. The summed E-state index contributed by atoms with van der Waals surface area (Å²) in [6.45, 7) is 0. The lowest BCUT2D eigenvalue weighted by atomic mass is 10.0. The van der Waals surface area contributed by atoms with Crippen LogP contribution in [-0.4, -0.2) is 17.3 Å². The second-order valence-corrected chi connectivity index (χ2v) is 6.12. The summed E-state index contributed by atoms with van der Waals surface area (Å²) in [5, 5.41) is 3.10. The van der Waals surface area contributed by atoms with Gasteiger partial charge in [-0.2, -0.15) is 0 Å². The molecule has 1 aliphatic heterocycles. The molecule has 0 aromatic heterocycles. The maximum absolute atomic E-state index is 6.25. The van der Waals surface area contributed by atoms with E-state index in [0.717, 1.165) is 22.5 Å². The fourth-order valence-electron chi connectivity index (χ4n) is 2.74. The first-order valence-corrected chi connectivity index (χ1v) is 8.52. The van der Waals surface area contributed by atoms with Crippen molar-refractivity contribution in [3.05, 3.63) is 96.1 Å². The molecule has 0 fully saturated rings. The van der Waals surface area contributed by atoms with Crippen molar-refractivity contribution >= 4 is 23.3 Å². The van der Waals surface area contributed by atoms with Gasteiger partial charge in [-0.25, -0.2) is 9.98 Å². The molecule has 1 aliphatic rings. The van der Waals surface area contributed by atoms with Gasteiger partial charge in [0.2, 0.25) is 0 Å². The number of halogens is 1. The van der Waals surface area contributed by atoms with Crippen LogP contribution in [0.2, 0.25) is 0 Å². The van der Waals surface area contributed by atoms with Crippen LogP contribution in [0.4, 0.5) is 0 Å². The Balaban J connectivity index is 1.65. The Kier molecular flexibility index (Phi) is 4.32. The number of nitrogens with one attached hydrogen (secondary N) is 1. The minimum Gasteiger partial charge on any atom is -0.335 e. The van der Waals surface area contributed by atoms with E-state index in [-0.39, 0.29) is 0 Å². The topological polar surface area (TPSA) is 36.8 Å². The van der Waals surface area contributed by atoms with Gasteiger partial charge in [0.1, 0.15) is 5.84 Å². The molecule has 0 aliphatic carbocycles. The molecule has 1 atom stereocenters. The molecule has 1 unspecified atom stereocenters. The zero-order chi connectivity index (χ0) is 17.1. The molecule has 0 amide bonds. The van der Waals surface area contributed by atoms with Gasteiger partial charge < -0.3 is 5.32 Å². The van der Waals surface area contributed by atoms with E-state index in [1.54, 1.807) is 0 Å². The van der Waals surface area contributed by atoms with Crippen LogP contribution in [0.3, 0.4) is 0 Å². The minimum atomic E-state index is -0.531. The Morgan fingerprint density at radius 3 is 1.80 bits per heavy atom. The monoisotopic (exact) mass is 345 g/mol. The van der Waals surface area contributed by atoms with Gasteiger partial charge in [-0.05, 0) is 11.1 Å². The van der Waals surface area contributed by atoms with E-state index in [2.05, 4.69) is 39.6 Å². The van der Waals surface area contributed by atoms with Gasteiger partial charge in [-0.15, -0.1) is 0 Å². The zero-order valence-corrected chi connectivity index (χ0v) is 14.2. The van der Waals surface area contributed by atoms with Crippen LogP contribution in [0.1, 0.15) is 11.1 Å². The van der Waals surface area contributed by atoms with Crippen LogP contribution >= 0.6 is 11.6 Å². The summed E-state index contributed by atoms with van der Waals surface area (Å²) < 4.78 is 0. The molecule has 122 valence electrons. The van der Waals surface area contributed by atoms with Gasteiger partial charge in [-0.1, -0.05) is 96.5 Å². The number of nitrogens with zero attached hydrogens (tertiary/aromatic N) is 2. The number of aliphatic imine (C=N–C) groups is 2. The van der Waals surface area contributed by atoms with E-state index >= 15 is 0 Å². The lowest BCUT2D eigenvalue weighted by molar-refractivity contribution is 0.831. The number of alkyl halides is 1. The first-order chi connectivity index (χ1) is 12.3. The molecule has 0 bridgehead atoms. The first-order valence-electron chi connectivity index (χ1n) is 8.08. The summed E-state index contributed by atoms with van der Waals surface area (Å²) >= 11 is 6.25. The molecule has 3 aromatic carbocycles. The number of hydrogen-bond acceptors (Lipinski definition) is 3. The predicted octanol–water partition coefficient (Wildman–Crippen LogP) is 4.67. The molecule has 0 spiro atoms. The zero-order valence-electron chi connectivity index (χ0n) is 13.4. The summed E-state index contributed by atoms with van der Waals surface area (Å²) in [5.74, 6) is 1.37. The van der Waals surface area contributed by atoms with Crippen LogP contribution in [0.15, 0.2) is 94.9 Å². The third-order valence-electron chi connectivity index (χ3n) is 4.01. The van der Waals surface area contributed by atoms with Gasteiger partial charge >= 0.3 is 0 Å². The van der Waals surface area contributed by atoms with Crippen LogP contribution in [0, 0.1) is 0 Å². The molecule has 1 heterocycles. The van der Waals surface area contributed by atoms with Crippen LogP contribution < -0.4 is 5.32 Å². The molecular formula is C21H16ClN3. The van der Waals surface area contributed by atoms with Crippen molar-refractivity contribution in [3.63, 3.8) is 0 Å². The van der Waals surface area contributed by atoms with E-state index in [1.165, 1.54) is 5.56 Å². The Labute approximate surface area is 151 Å². The van der Waals surface area contributed by atoms with Gasteiger partial charge in [0.05, 0.1) is 0 Å². The highest BCUT2D eigenvalue weighted by Crippen LogP contribution is 2.21. The second-order valence-electron chi connectivity index (χ2n) is 5.70. The Morgan fingerprint density at radius 1 is 0.640 bits per heavy atom. The molecule has 0 saturated carbocycles. The fourth-order valence-corrected chi connectivity index (χ4v) is 2.94. The lowest BCUT2D eigenvalue weighted by Crippen LogP contribution is -2.35. The van der Waals surface area contributed by atoms with Crippen molar-refractivity contribution < 1.29 is 0 Å². The molecule has 4 heteroatoms. The highest BCUT2D eigenvalue weighted by Gasteiger charge is 2.17.